The van der Waals surface area contributed by atoms with Gasteiger partial charge in [-0.3, -0.25) is 0 Å². The molecule has 12 aromatic carbocycles. The van der Waals surface area contributed by atoms with Crippen molar-refractivity contribution in [3.63, 3.8) is 0 Å². The summed E-state index contributed by atoms with van der Waals surface area (Å²) >= 11 is 0. The van der Waals surface area contributed by atoms with Gasteiger partial charge in [0.1, 0.15) is 0 Å². The zero-order chi connectivity index (χ0) is 53.7. The molecule has 0 bridgehead atoms. The molecule has 0 amide bonds. The van der Waals surface area contributed by atoms with Crippen molar-refractivity contribution < 1.29 is 9.60 Å². The Balaban J connectivity index is 1.18. The molecule has 0 spiro atoms. The van der Waals surface area contributed by atoms with E-state index in [4.69, 9.17) is 1.37 Å². The number of nitrogens with zero attached hydrogens (tertiary/aromatic N) is 3. The topological polar surface area (TPSA) is 11.4 Å². The summed E-state index contributed by atoms with van der Waals surface area (Å²) in [6, 6.07) is 80.2. The van der Waals surface area contributed by atoms with Gasteiger partial charge in [-0.25, -0.2) is 0 Å². The van der Waals surface area contributed by atoms with E-state index in [9.17, 15) is 8.22 Å². The van der Waals surface area contributed by atoms with E-state index >= 15 is 0 Å². The fraction of sp³-hybridized carbons (Fsp3) is 0.0145. The van der Waals surface area contributed by atoms with Crippen molar-refractivity contribution in [3.05, 3.63) is 307 Å². The van der Waals surface area contributed by atoms with Crippen LogP contribution in [0, 0.1) is 0 Å². The first kappa shape index (κ1) is 34.8. The van der Waals surface area contributed by atoms with Gasteiger partial charge in [-0.05, 0) is 152 Å². The summed E-state index contributed by atoms with van der Waals surface area (Å²) in [6.45, 7) is 0. The third kappa shape index (κ3) is 6.45. The van der Waals surface area contributed by atoms with Crippen molar-refractivity contribution in [2.45, 2.75) is 5.41 Å². The lowest BCUT2D eigenvalue weighted by Crippen LogP contribution is -2.29. The Kier molecular flexibility index (Phi) is 8.17. The van der Waals surface area contributed by atoms with E-state index in [1.165, 1.54) is 0 Å². The molecule has 338 valence electrons. The Hall–Kier alpha value is -9.44. The molecule has 1 aliphatic rings. The average molecular weight is 925 g/mol. The first-order valence-corrected chi connectivity index (χ1v) is 24.3. The van der Waals surface area contributed by atoms with Crippen molar-refractivity contribution in [3.8, 4) is 16.8 Å². The first-order chi connectivity index (χ1) is 38.6. The number of hydrogen-bond acceptors (Lipinski definition) is 2. The van der Waals surface area contributed by atoms with Gasteiger partial charge in [-0.1, -0.05) is 188 Å². The molecule has 14 rings (SSSR count). The van der Waals surface area contributed by atoms with Crippen LogP contribution in [0.15, 0.2) is 285 Å². The van der Waals surface area contributed by atoms with Crippen molar-refractivity contribution in [1.82, 2.24) is 4.57 Å². The van der Waals surface area contributed by atoms with Crippen LogP contribution in [0.2, 0.25) is 0 Å². The Labute approximate surface area is 429 Å². The number of rotatable bonds is 9. The van der Waals surface area contributed by atoms with Gasteiger partial charge >= 0.3 is 0 Å². The molecule has 1 aromatic heterocycles. The zero-order valence-corrected chi connectivity index (χ0v) is 38.9. The van der Waals surface area contributed by atoms with E-state index in [1.807, 2.05) is 97.1 Å². The lowest BCUT2D eigenvalue weighted by Gasteiger charge is -2.36. The molecule has 0 radical (unpaired) electrons. The van der Waals surface area contributed by atoms with Crippen LogP contribution < -0.4 is 9.80 Å². The van der Waals surface area contributed by atoms with Crippen molar-refractivity contribution in [1.29, 1.82) is 0 Å². The van der Waals surface area contributed by atoms with Crippen LogP contribution >= 0.6 is 0 Å². The van der Waals surface area contributed by atoms with Crippen molar-refractivity contribution in [2.75, 3.05) is 9.80 Å². The zero-order valence-electron chi connectivity index (χ0n) is 45.9. The number of benzene rings is 12. The predicted octanol–water partition coefficient (Wildman–Crippen LogP) is 18.4. The van der Waals surface area contributed by atoms with Crippen LogP contribution in [0.1, 0.15) is 31.8 Å². The maximum absolute atomic E-state index is 10.4. The first-order valence-electron chi connectivity index (χ1n) is 27.8. The molecule has 72 heavy (non-hydrogen) atoms. The standard InChI is InChI=1S/C69H47N3/c1-5-25-51(26-6-1)70(52-27-7-2-8-28-52)56-41-43-63-60(46-56)61-47-57(71(53-29-9-3-10-30-53)55-40-39-48-21-13-14-23-50(48)45-55)42-44-64(61)69(63,62-35-19-24-49-22-15-16-33-58(49)62)65-36-20-38-67-68(65)59-34-17-18-37-66(59)72(67)54-31-11-4-12-32-54/h1-47H/i15D,16D,19D,22D,24D,33D,35D. The number of fused-ring (bicyclic) bond motifs is 8. The van der Waals surface area contributed by atoms with Gasteiger partial charge in [0.2, 0.25) is 0 Å². The lowest BCUT2D eigenvalue weighted by molar-refractivity contribution is 0.785. The van der Waals surface area contributed by atoms with E-state index < -0.39 is 35.6 Å². The Morgan fingerprint density at radius 1 is 0.319 bits per heavy atom. The summed E-state index contributed by atoms with van der Waals surface area (Å²) in [6.07, 6.45) is 0. The largest absolute Gasteiger partial charge is 0.310 e. The number of hydrogen-bond donors (Lipinski definition) is 0. The summed E-state index contributed by atoms with van der Waals surface area (Å²) in [5.41, 5.74) is 10.8. The molecule has 1 aliphatic carbocycles. The molecule has 13 aromatic rings. The second kappa shape index (κ2) is 16.9. The molecule has 0 saturated heterocycles. The maximum atomic E-state index is 10.4. The highest BCUT2D eigenvalue weighted by atomic mass is 15.1. The van der Waals surface area contributed by atoms with Crippen LogP contribution in [0.25, 0.3) is 60.2 Å². The Morgan fingerprint density at radius 2 is 0.833 bits per heavy atom. The third-order valence-corrected chi connectivity index (χ3v) is 14.5. The van der Waals surface area contributed by atoms with Crippen LogP contribution in [0.3, 0.4) is 0 Å². The molecule has 0 N–H and O–H groups in total. The molecular formula is C69H47N3. The summed E-state index contributed by atoms with van der Waals surface area (Å²) in [5, 5.41) is 3.95. The molecule has 1 atom stereocenters. The molecule has 1 heterocycles. The molecule has 0 saturated carbocycles. The molecule has 0 aliphatic heterocycles. The highest BCUT2D eigenvalue weighted by Gasteiger charge is 2.49. The van der Waals surface area contributed by atoms with Gasteiger partial charge in [0.15, 0.2) is 0 Å². The molecule has 3 heteroatoms. The van der Waals surface area contributed by atoms with Crippen molar-refractivity contribution in [2.24, 2.45) is 0 Å². The highest BCUT2D eigenvalue weighted by molar-refractivity contribution is 6.13. The lowest BCUT2D eigenvalue weighted by atomic mass is 9.65. The van der Waals surface area contributed by atoms with Crippen LogP contribution in [-0.2, 0) is 5.41 Å². The summed E-state index contributed by atoms with van der Waals surface area (Å²) in [7, 11) is 0. The number of anilines is 6. The van der Waals surface area contributed by atoms with E-state index in [0.29, 0.717) is 0 Å². The predicted molar refractivity (Wildman–Crippen MR) is 302 cm³/mol. The molecule has 0 fully saturated rings. The van der Waals surface area contributed by atoms with E-state index in [0.717, 1.165) is 100 Å². The smallest absolute Gasteiger partial charge is 0.0726 e. The van der Waals surface area contributed by atoms with Crippen LogP contribution in [0.4, 0.5) is 34.1 Å². The van der Waals surface area contributed by atoms with Gasteiger partial charge in [0, 0.05) is 50.6 Å². The monoisotopic (exact) mass is 924 g/mol. The SMILES string of the molecule is [2H]c1c([2H])c([2H])c2c(C3(c4cccc5c4c4ccccc4n5-c4ccccc4)c4ccc(N(c5ccccc5)c5ccccc5)cc4-c4cc(N(c5ccccc5)c5ccc6ccccc6c5)ccc43)c([2H])c([2H])c([2H])c2c1[2H]. The van der Waals surface area contributed by atoms with Gasteiger partial charge < -0.3 is 14.4 Å². The summed E-state index contributed by atoms with van der Waals surface area (Å²) in [4.78, 5) is 4.48. The quantitative estimate of drug-likeness (QED) is 0.143. The minimum Gasteiger partial charge on any atom is -0.310 e. The van der Waals surface area contributed by atoms with E-state index in [2.05, 4.69) is 160 Å². The van der Waals surface area contributed by atoms with E-state index in [-0.39, 0.29) is 28.4 Å². The minimum absolute atomic E-state index is 0.0324. The van der Waals surface area contributed by atoms with E-state index in [1.54, 1.807) is 0 Å². The van der Waals surface area contributed by atoms with Crippen LogP contribution in [-0.4, -0.2) is 4.57 Å². The van der Waals surface area contributed by atoms with Crippen LogP contribution in [0.5, 0.6) is 0 Å². The molecule has 3 nitrogen and oxygen atoms in total. The van der Waals surface area contributed by atoms with Gasteiger partial charge in [0.25, 0.3) is 0 Å². The third-order valence-electron chi connectivity index (χ3n) is 14.5. The second-order valence-corrected chi connectivity index (χ2v) is 18.3. The Morgan fingerprint density at radius 3 is 1.50 bits per heavy atom. The fourth-order valence-corrected chi connectivity index (χ4v) is 11.5. The van der Waals surface area contributed by atoms with Gasteiger partial charge in [0.05, 0.1) is 26.0 Å². The molecule has 1 unspecified atom stereocenters. The Bertz CT molecular complexity index is 4540. The summed E-state index contributed by atoms with van der Waals surface area (Å²) in [5.74, 6) is 0. The normalized spacial score (nSPS) is 15.2. The minimum atomic E-state index is -1.56. The second-order valence-electron chi connectivity index (χ2n) is 18.3. The average Bonchev–Trinajstić information content (AvgIpc) is 3.51. The van der Waals surface area contributed by atoms with Gasteiger partial charge in [-0.2, -0.15) is 0 Å². The van der Waals surface area contributed by atoms with Gasteiger partial charge in [-0.15, -0.1) is 0 Å². The number of para-hydroxylation sites is 5. The summed E-state index contributed by atoms with van der Waals surface area (Å²) < 4.78 is 69.4. The number of aromatic nitrogens is 1. The highest BCUT2D eigenvalue weighted by Crippen LogP contribution is 2.61. The van der Waals surface area contributed by atoms with Crippen molar-refractivity contribution >= 4 is 77.5 Å². The maximum Gasteiger partial charge on any atom is 0.0726 e. The molecular weight excluding hydrogens is 871 g/mol. The fourth-order valence-electron chi connectivity index (χ4n) is 11.5.